The van der Waals surface area contributed by atoms with Gasteiger partial charge in [0.1, 0.15) is 6.54 Å². The molecule has 0 saturated carbocycles. The van der Waals surface area contributed by atoms with E-state index in [9.17, 15) is 14.4 Å². The minimum absolute atomic E-state index is 0.222. The lowest BCUT2D eigenvalue weighted by Gasteiger charge is -2.28. The summed E-state index contributed by atoms with van der Waals surface area (Å²) in [6.45, 7) is -0.492. The quantitative estimate of drug-likeness (QED) is 0.560. The lowest BCUT2D eigenvalue weighted by atomic mass is 9.82. The summed E-state index contributed by atoms with van der Waals surface area (Å²) < 4.78 is 0. The SMILES string of the molecule is O=C(CN1C(=O)NC(c2ccccc2)(c2ccccc2)C1=O)Nc1c(Cl)cccc1Cl. The van der Waals surface area contributed by atoms with E-state index in [1.807, 2.05) is 12.1 Å². The van der Waals surface area contributed by atoms with Crippen molar-refractivity contribution in [3.8, 4) is 0 Å². The van der Waals surface area contributed by atoms with E-state index in [0.717, 1.165) is 4.90 Å². The molecular formula is C23H17Cl2N3O3. The van der Waals surface area contributed by atoms with Crippen LogP contribution in [-0.2, 0) is 15.1 Å². The van der Waals surface area contributed by atoms with Crippen molar-refractivity contribution in [2.45, 2.75) is 5.54 Å². The third kappa shape index (κ3) is 3.76. The molecule has 4 rings (SSSR count). The van der Waals surface area contributed by atoms with Crippen molar-refractivity contribution in [2.75, 3.05) is 11.9 Å². The molecule has 31 heavy (non-hydrogen) atoms. The number of imide groups is 1. The smallest absolute Gasteiger partial charge is 0.322 e. The van der Waals surface area contributed by atoms with Crippen LogP contribution >= 0.6 is 23.2 Å². The van der Waals surface area contributed by atoms with Gasteiger partial charge in [0.2, 0.25) is 5.91 Å². The van der Waals surface area contributed by atoms with Crippen molar-refractivity contribution in [1.29, 1.82) is 0 Å². The normalized spacial score (nSPS) is 15.0. The van der Waals surface area contributed by atoms with Crippen LogP contribution in [0.2, 0.25) is 10.0 Å². The van der Waals surface area contributed by atoms with Gasteiger partial charge >= 0.3 is 6.03 Å². The molecule has 0 aliphatic carbocycles. The third-order valence-electron chi connectivity index (χ3n) is 5.05. The van der Waals surface area contributed by atoms with Gasteiger partial charge in [-0.3, -0.25) is 14.5 Å². The largest absolute Gasteiger partial charge is 0.326 e. The molecule has 4 amide bonds. The number of carbonyl (C=O) groups is 3. The van der Waals surface area contributed by atoms with Crippen molar-refractivity contribution in [2.24, 2.45) is 0 Å². The summed E-state index contributed by atoms with van der Waals surface area (Å²) in [6.07, 6.45) is 0. The number of benzene rings is 3. The number of nitrogens with one attached hydrogen (secondary N) is 2. The molecule has 1 heterocycles. The Morgan fingerprint density at radius 3 is 1.87 bits per heavy atom. The minimum atomic E-state index is -1.43. The molecule has 3 aromatic rings. The van der Waals surface area contributed by atoms with Crippen molar-refractivity contribution in [1.82, 2.24) is 10.2 Å². The van der Waals surface area contributed by atoms with Crippen LogP contribution in [0.5, 0.6) is 0 Å². The van der Waals surface area contributed by atoms with Gasteiger partial charge in [0, 0.05) is 0 Å². The first-order valence-corrected chi connectivity index (χ1v) is 10.2. The highest BCUT2D eigenvalue weighted by atomic mass is 35.5. The summed E-state index contributed by atoms with van der Waals surface area (Å²) in [7, 11) is 0. The zero-order valence-electron chi connectivity index (χ0n) is 16.1. The van der Waals surface area contributed by atoms with Gasteiger partial charge in [0.15, 0.2) is 5.54 Å². The van der Waals surface area contributed by atoms with Crippen LogP contribution in [0.25, 0.3) is 0 Å². The Morgan fingerprint density at radius 1 is 0.839 bits per heavy atom. The molecule has 2 N–H and O–H groups in total. The fraction of sp³-hybridized carbons (Fsp3) is 0.0870. The number of amides is 4. The van der Waals surface area contributed by atoms with Crippen LogP contribution in [0.4, 0.5) is 10.5 Å². The molecule has 0 unspecified atom stereocenters. The minimum Gasteiger partial charge on any atom is -0.322 e. The van der Waals surface area contributed by atoms with Crippen LogP contribution in [0.1, 0.15) is 11.1 Å². The molecule has 0 atom stereocenters. The standard InChI is InChI=1S/C23H17Cl2N3O3/c24-17-12-7-13-18(25)20(17)26-19(29)14-28-21(30)23(27-22(28)31,15-8-3-1-4-9-15)16-10-5-2-6-11-16/h1-13H,14H2,(H,26,29)(H,27,31). The first kappa shape index (κ1) is 20.9. The van der Waals surface area contributed by atoms with Gasteiger partial charge in [-0.05, 0) is 23.3 Å². The maximum atomic E-state index is 13.6. The monoisotopic (exact) mass is 453 g/mol. The molecule has 0 aromatic heterocycles. The lowest BCUT2D eigenvalue weighted by Crippen LogP contribution is -2.45. The highest BCUT2D eigenvalue weighted by molar-refractivity contribution is 6.39. The van der Waals surface area contributed by atoms with Crippen molar-refractivity contribution < 1.29 is 14.4 Å². The Kier molecular flexibility index (Phi) is 5.67. The van der Waals surface area contributed by atoms with E-state index in [1.54, 1.807) is 66.7 Å². The molecule has 156 valence electrons. The Labute approximate surface area is 188 Å². The molecule has 1 fully saturated rings. The molecule has 6 nitrogen and oxygen atoms in total. The zero-order valence-corrected chi connectivity index (χ0v) is 17.7. The number of urea groups is 1. The van der Waals surface area contributed by atoms with Crippen LogP contribution in [0, 0.1) is 0 Å². The van der Waals surface area contributed by atoms with Crippen molar-refractivity contribution in [3.05, 3.63) is 100 Å². The van der Waals surface area contributed by atoms with E-state index in [4.69, 9.17) is 23.2 Å². The number of carbonyl (C=O) groups excluding carboxylic acids is 3. The van der Waals surface area contributed by atoms with Crippen LogP contribution < -0.4 is 10.6 Å². The average molecular weight is 454 g/mol. The second kappa shape index (κ2) is 8.41. The van der Waals surface area contributed by atoms with E-state index in [0.29, 0.717) is 11.1 Å². The molecule has 8 heteroatoms. The van der Waals surface area contributed by atoms with Gasteiger partial charge in [-0.15, -0.1) is 0 Å². The van der Waals surface area contributed by atoms with Crippen molar-refractivity contribution in [3.63, 3.8) is 0 Å². The first-order valence-electron chi connectivity index (χ1n) is 9.42. The van der Waals surface area contributed by atoms with Gasteiger partial charge in [0.25, 0.3) is 5.91 Å². The van der Waals surface area contributed by atoms with Crippen molar-refractivity contribution >= 4 is 46.7 Å². The molecule has 3 aromatic carbocycles. The highest BCUT2D eigenvalue weighted by Crippen LogP contribution is 2.36. The molecule has 0 radical (unpaired) electrons. The average Bonchev–Trinajstić information content (AvgIpc) is 3.03. The summed E-state index contributed by atoms with van der Waals surface area (Å²) >= 11 is 12.2. The maximum Gasteiger partial charge on any atom is 0.326 e. The summed E-state index contributed by atoms with van der Waals surface area (Å²) in [5, 5.41) is 5.88. The molecule has 1 aliphatic heterocycles. The van der Waals surface area contributed by atoms with E-state index in [-0.39, 0.29) is 15.7 Å². The van der Waals surface area contributed by atoms with Gasteiger partial charge in [-0.25, -0.2) is 4.79 Å². The molecule has 1 saturated heterocycles. The predicted molar refractivity (Wildman–Crippen MR) is 119 cm³/mol. The van der Waals surface area contributed by atoms with Gasteiger partial charge < -0.3 is 10.6 Å². The Bertz CT molecular complexity index is 1090. The fourth-order valence-corrected chi connectivity index (χ4v) is 4.09. The highest BCUT2D eigenvalue weighted by Gasteiger charge is 2.54. The number of para-hydroxylation sites is 1. The Hall–Kier alpha value is -3.35. The van der Waals surface area contributed by atoms with Gasteiger partial charge in [0.05, 0.1) is 15.7 Å². The maximum absolute atomic E-state index is 13.6. The third-order valence-corrected chi connectivity index (χ3v) is 5.68. The van der Waals surface area contributed by atoms with E-state index < -0.39 is 29.9 Å². The first-order chi connectivity index (χ1) is 14.9. The van der Waals surface area contributed by atoms with E-state index >= 15 is 0 Å². The van der Waals surface area contributed by atoms with Crippen LogP contribution in [-0.4, -0.2) is 29.3 Å². The molecule has 0 bridgehead atoms. The Morgan fingerprint density at radius 2 is 1.35 bits per heavy atom. The van der Waals surface area contributed by atoms with Gasteiger partial charge in [-0.2, -0.15) is 0 Å². The number of anilines is 1. The topological polar surface area (TPSA) is 78.5 Å². The van der Waals surface area contributed by atoms with Gasteiger partial charge in [-0.1, -0.05) is 89.9 Å². The number of nitrogens with zero attached hydrogens (tertiary/aromatic N) is 1. The number of rotatable bonds is 5. The lowest BCUT2D eigenvalue weighted by molar-refractivity contribution is -0.133. The van der Waals surface area contributed by atoms with E-state index in [1.165, 1.54) is 0 Å². The second-order valence-electron chi connectivity index (χ2n) is 6.95. The molecule has 0 spiro atoms. The number of hydrogen-bond acceptors (Lipinski definition) is 3. The fourth-order valence-electron chi connectivity index (χ4n) is 3.59. The zero-order chi connectivity index (χ0) is 22.0. The summed E-state index contributed by atoms with van der Waals surface area (Å²) in [6, 6.07) is 22.0. The van der Waals surface area contributed by atoms with E-state index in [2.05, 4.69) is 10.6 Å². The summed E-state index contributed by atoms with van der Waals surface area (Å²) in [4.78, 5) is 39.9. The summed E-state index contributed by atoms with van der Waals surface area (Å²) in [5.41, 5.74) is -0.0180. The second-order valence-corrected chi connectivity index (χ2v) is 7.76. The Balaban J connectivity index is 1.66. The predicted octanol–water partition coefficient (Wildman–Crippen LogP) is 4.43. The molecular weight excluding hydrogens is 437 g/mol. The van der Waals surface area contributed by atoms with Crippen LogP contribution in [0.3, 0.4) is 0 Å². The van der Waals surface area contributed by atoms with Crippen LogP contribution in [0.15, 0.2) is 78.9 Å². The number of halogens is 2. The molecule has 1 aliphatic rings. The summed E-state index contributed by atoms with van der Waals surface area (Å²) in [5.74, 6) is -1.15. The number of hydrogen-bond donors (Lipinski definition) is 2.